The minimum Gasteiger partial charge on any atom is -0.339 e. The van der Waals surface area contributed by atoms with Crippen molar-refractivity contribution in [2.75, 3.05) is 13.6 Å². The number of nitrogens with two attached hydrogens (primary N) is 1. The first-order valence-electron chi connectivity index (χ1n) is 6.63. The van der Waals surface area contributed by atoms with E-state index in [0.29, 0.717) is 6.54 Å². The molecule has 2 atom stereocenters. The molecule has 0 fully saturated rings. The van der Waals surface area contributed by atoms with Gasteiger partial charge in [-0.1, -0.05) is 43.7 Å². The summed E-state index contributed by atoms with van der Waals surface area (Å²) in [5.41, 5.74) is 6.84. The molecule has 1 aromatic carbocycles. The molecule has 0 radical (unpaired) electrons. The van der Waals surface area contributed by atoms with Crippen LogP contribution in [0.3, 0.4) is 0 Å². The van der Waals surface area contributed by atoms with Crippen LogP contribution in [0.5, 0.6) is 0 Å². The SMILES string of the molecule is CCCC(CN)C(=O)N(C)C(C)c1ccccc1. The van der Waals surface area contributed by atoms with E-state index in [1.165, 1.54) is 0 Å². The average molecular weight is 248 g/mol. The van der Waals surface area contributed by atoms with Crippen molar-refractivity contribution in [3.05, 3.63) is 35.9 Å². The van der Waals surface area contributed by atoms with Gasteiger partial charge in [0, 0.05) is 13.6 Å². The van der Waals surface area contributed by atoms with E-state index in [9.17, 15) is 4.79 Å². The second-order valence-corrected chi connectivity index (χ2v) is 4.76. The second kappa shape index (κ2) is 7.17. The van der Waals surface area contributed by atoms with Gasteiger partial charge in [-0.15, -0.1) is 0 Å². The number of hydrogen-bond acceptors (Lipinski definition) is 2. The van der Waals surface area contributed by atoms with E-state index in [1.807, 2.05) is 49.2 Å². The first-order valence-corrected chi connectivity index (χ1v) is 6.63. The van der Waals surface area contributed by atoms with Crippen molar-refractivity contribution in [3.63, 3.8) is 0 Å². The van der Waals surface area contributed by atoms with Gasteiger partial charge >= 0.3 is 0 Å². The molecule has 100 valence electrons. The van der Waals surface area contributed by atoms with Crippen LogP contribution >= 0.6 is 0 Å². The first-order chi connectivity index (χ1) is 8.61. The Morgan fingerprint density at radius 1 is 1.33 bits per heavy atom. The Bertz CT molecular complexity index is 364. The number of amides is 1. The van der Waals surface area contributed by atoms with Crippen LogP contribution in [0, 0.1) is 5.92 Å². The maximum Gasteiger partial charge on any atom is 0.227 e. The Morgan fingerprint density at radius 3 is 2.44 bits per heavy atom. The number of carbonyl (C=O) groups is 1. The topological polar surface area (TPSA) is 46.3 Å². The number of nitrogens with zero attached hydrogens (tertiary/aromatic N) is 1. The molecule has 0 saturated heterocycles. The monoisotopic (exact) mass is 248 g/mol. The number of benzene rings is 1. The van der Waals surface area contributed by atoms with Crippen LogP contribution in [-0.2, 0) is 4.79 Å². The van der Waals surface area contributed by atoms with E-state index >= 15 is 0 Å². The van der Waals surface area contributed by atoms with E-state index in [4.69, 9.17) is 5.73 Å². The van der Waals surface area contributed by atoms with Crippen molar-refractivity contribution < 1.29 is 4.79 Å². The molecule has 2 unspecified atom stereocenters. The molecular formula is C15H24N2O. The van der Waals surface area contributed by atoms with E-state index in [1.54, 1.807) is 0 Å². The highest BCUT2D eigenvalue weighted by atomic mass is 16.2. The van der Waals surface area contributed by atoms with Crippen molar-refractivity contribution in [1.82, 2.24) is 4.90 Å². The molecule has 3 nitrogen and oxygen atoms in total. The standard InChI is InChI=1S/C15H24N2O/c1-4-8-14(11-16)15(18)17(3)12(2)13-9-6-5-7-10-13/h5-7,9-10,12,14H,4,8,11,16H2,1-3H3. The summed E-state index contributed by atoms with van der Waals surface area (Å²) in [7, 11) is 1.86. The quantitative estimate of drug-likeness (QED) is 0.841. The van der Waals surface area contributed by atoms with Crippen LogP contribution in [0.4, 0.5) is 0 Å². The third-order valence-corrected chi connectivity index (χ3v) is 3.48. The number of carbonyl (C=O) groups excluding carboxylic acids is 1. The molecule has 0 aliphatic carbocycles. The van der Waals surface area contributed by atoms with Gasteiger partial charge in [-0.25, -0.2) is 0 Å². The predicted molar refractivity (Wildman–Crippen MR) is 75.1 cm³/mol. The zero-order valence-corrected chi connectivity index (χ0v) is 11.6. The average Bonchev–Trinajstić information content (AvgIpc) is 2.43. The summed E-state index contributed by atoms with van der Waals surface area (Å²) in [6.07, 6.45) is 1.85. The number of rotatable bonds is 6. The van der Waals surface area contributed by atoms with Crippen molar-refractivity contribution >= 4 is 5.91 Å². The molecule has 0 aliphatic rings. The fourth-order valence-corrected chi connectivity index (χ4v) is 2.12. The highest BCUT2D eigenvalue weighted by Gasteiger charge is 2.23. The van der Waals surface area contributed by atoms with Crippen LogP contribution < -0.4 is 5.73 Å². The van der Waals surface area contributed by atoms with E-state index in [-0.39, 0.29) is 17.9 Å². The molecule has 18 heavy (non-hydrogen) atoms. The second-order valence-electron chi connectivity index (χ2n) is 4.76. The summed E-state index contributed by atoms with van der Waals surface area (Å²) in [6.45, 7) is 4.56. The van der Waals surface area contributed by atoms with Crippen molar-refractivity contribution in [2.45, 2.75) is 32.7 Å². The summed E-state index contributed by atoms with van der Waals surface area (Å²) < 4.78 is 0. The molecule has 0 bridgehead atoms. The normalized spacial score (nSPS) is 14.0. The lowest BCUT2D eigenvalue weighted by atomic mass is 10.00. The van der Waals surface area contributed by atoms with Gasteiger partial charge in [0.25, 0.3) is 0 Å². The Hall–Kier alpha value is -1.35. The largest absolute Gasteiger partial charge is 0.339 e. The van der Waals surface area contributed by atoms with Gasteiger partial charge in [-0.05, 0) is 18.9 Å². The zero-order chi connectivity index (χ0) is 13.5. The summed E-state index contributed by atoms with van der Waals surface area (Å²) in [6, 6.07) is 10.2. The lowest BCUT2D eigenvalue weighted by Gasteiger charge is -2.28. The van der Waals surface area contributed by atoms with Crippen LogP contribution in [-0.4, -0.2) is 24.4 Å². The molecule has 3 heteroatoms. The first kappa shape index (κ1) is 14.7. The smallest absolute Gasteiger partial charge is 0.227 e. The minimum atomic E-state index is -0.0498. The summed E-state index contributed by atoms with van der Waals surface area (Å²) in [5.74, 6) is 0.0989. The van der Waals surface area contributed by atoms with Crippen molar-refractivity contribution in [2.24, 2.45) is 11.7 Å². The summed E-state index contributed by atoms with van der Waals surface area (Å²) in [4.78, 5) is 14.1. The highest BCUT2D eigenvalue weighted by molar-refractivity contribution is 5.79. The molecule has 1 rings (SSSR count). The molecule has 0 saturated carbocycles. The summed E-state index contributed by atoms with van der Waals surface area (Å²) >= 11 is 0. The van der Waals surface area contributed by atoms with Gasteiger partial charge in [-0.3, -0.25) is 4.79 Å². The Morgan fingerprint density at radius 2 is 1.94 bits per heavy atom. The molecule has 0 spiro atoms. The van der Waals surface area contributed by atoms with E-state index in [0.717, 1.165) is 18.4 Å². The third kappa shape index (κ3) is 3.57. The van der Waals surface area contributed by atoms with Gasteiger partial charge in [0.1, 0.15) is 0 Å². The highest BCUT2D eigenvalue weighted by Crippen LogP contribution is 2.21. The Labute approximate surface area is 110 Å². The molecule has 1 aromatic rings. The van der Waals surface area contributed by atoms with Gasteiger partial charge < -0.3 is 10.6 Å². The van der Waals surface area contributed by atoms with Gasteiger partial charge in [0.05, 0.1) is 12.0 Å². The van der Waals surface area contributed by atoms with Crippen molar-refractivity contribution in [1.29, 1.82) is 0 Å². The molecule has 0 aliphatic heterocycles. The van der Waals surface area contributed by atoms with Crippen molar-refractivity contribution in [3.8, 4) is 0 Å². The van der Waals surface area contributed by atoms with E-state index in [2.05, 4.69) is 6.92 Å². The van der Waals surface area contributed by atoms with Crippen LogP contribution in [0.25, 0.3) is 0 Å². The molecule has 1 amide bonds. The van der Waals surface area contributed by atoms with Crippen LogP contribution in [0.15, 0.2) is 30.3 Å². The fraction of sp³-hybridized carbons (Fsp3) is 0.533. The number of hydrogen-bond donors (Lipinski definition) is 1. The maximum atomic E-state index is 12.3. The lowest BCUT2D eigenvalue weighted by Crippen LogP contribution is -2.38. The Kier molecular flexibility index (Phi) is 5.86. The molecule has 2 N–H and O–H groups in total. The Balaban J connectivity index is 2.74. The molecule has 0 aromatic heterocycles. The van der Waals surface area contributed by atoms with Gasteiger partial charge in [0.2, 0.25) is 5.91 Å². The van der Waals surface area contributed by atoms with Gasteiger partial charge in [0.15, 0.2) is 0 Å². The van der Waals surface area contributed by atoms with Gasteiger partial charge in [-0.2, -0.15) is 0 Å². The minimum absolute atomic E-state index is 0.0498. The zero-order valence-electron chi connectivity index (χ0n) is 11.6. The maximum absolute atomic E-state index is 12.3. The molecular weight excluding hydrogens is 224 g/mol. The van der Waals surface area contributed by atoms with E-state index < -0.39 is 0 Å². The van der Waals surface area contributed by atoms with Crippen LogP contribution in [0.1, 0.15) is 38.3 Å². The fourth-order valence-electron chi connectivity index (χ4n) is 2.12. The predicted octanol–water partition coefficient (Wildman–Crippen LogP) is 2.58. The lowest BCUT2D eigenvalue weighted by molar-refractivity contribution is -0.136. The molecule has 0 heterocycles. The third-order valence-electron chi connectivity index (χ3n) is 3.48. The summed E-state index contributed by atoms with van der Waals surface area (Å²) in [5, 5.41) is 0. The van der Waals surface area contributed by atoms with Crippen LogP contribution in [0.2, 0.25) is 0 Å².